The smallest absolute Gasteiger partial charge is 0.294 e. The van der Waals surface area contributed by atoms with Crippen molar-refractivity contribution < 1.29 is 29.3 Å². The fourth-order valence-electron chi connectivity index (χ4n) is 1.83. The van der Waals surface area contributed by atoms with Crippen LogP contribution in [0.25, 0.3) is 0 Å². The second kappa shape index (κ2) is 4.06. The largest absolute Gasteiger partial charge is 0.371 e. The van der Waals surface area contributed by atoms with Crippen molar-refractivity contribution in [2.45, 2.75) is 24.4 Å². The van der Waals surface area contributed by atoms with Gasteiger partial charge in [0.25, 0.3) is 10.2 Å². The summed E-state index contributed by atoms with van der Waals surface area (Å²) in [4.78, 5) is 28.9. The van der Waals surface area contributed by atoms with Crippen LogP contribution in [0.3, 0.4) is 0 Å². The third kappa shape index (κ3) is 1.97. The van der Waals surface area contributed by atoms with Gasteiger partial charge in [-0.3, -0.25) is 0 Å². The number of rotatable bonds is 4. The van der Waals surface area contributed by atoms with E-state index in [1.165, 1.54) is 0 Å². The molecule has 0 bridgehead atoms. The van der Waals surface area contributed by atoms with E-state index in [1.807, 2.05) is 0 Å². The van der Waals surface area contributed by atoms with Gasteiger partial charge in [-0.2, -0.15) is 0 Å². The summed E-state index contributed by atoms with van der Waals surface area (Å²) in [5.41, 5.74) is 0. The number of hydrogen-bond donors (Lipinski definition) is 0. The maximum Gasteiger partial charge on any atom is 0.294 e. The van der Waals surface area contributed by atoms with Gasteiger partial charge in [-0.05, 0) is 0 Å². The summed E-state index contributed by atoms with van der Waals surface area (Å²) >= 11 is 0. The Morgan fingerprint density at radius 3 is 1.62 bits per heavy atom. The molecule has 0 saturated carbocycles. The molecule has 2 saturated heterocycles. The molecule has 0 aromatic heterocycles. The van der Waals surface area contributed by atoms with Gasteiger partial charge in [-0.25, -0.2) is 0 Å². The van der Waals surface area contributed by atoms with Gasteiger partial charge in [0.15, 0.2) is 12.2 Å². The van der Waals surface area contributed by atoms with Crippen LogP contribution in [-0.4, -0.2) is 47.8 Å². The summed E-state index contributed by atoms with van der Waals surface area (Å²) in [6, 6.07) is 0. The van der Waals surface area contributed by atoms with E-state index in [1.54, 1.807) is 0 Å². The van der Waals surface area contributed by atoms with E-state index < -0.39 is 34.6 Å². The van der Waals surface area contributed by atoms with Crippen molar-refractivity contribution >= 4 is 0 Å². The molecular formula is C6H8N2O8. The van der Waals surface area contributed by atoms with E-state index in [2.05, 4.69) is 9.68 Å². The highest BCUT2D eigenvalue weighted by molar-refractivity contribution is 4.94. The predicted molar refractivity (Wildman–Crippen MR) is 43.2 cm³/mol. The maximum atomic E-state index is 10.1. The van der Waals surface area contributed by atoms with Crippen LogP contribution in [0.1, 0.15) is 0 Å². The molecule has 90 valence electrons. The molecule has 2 rings (SSSR count). The van der Waals surface area contributed by atoms with E-state index in [4.69, 9.17) is 9.47 Å². The third-order valence-electron chi connectivity index (χ3n) is 2.41. The Morgan fingerprint density at radius 2 is 1.31 bits per heavy atom. The summed E-state index contributed by atoms with van der Waals surface area (Å²) in [7, 11) is 0. The monoisotopic (exact) mass is 236 g/mol. The third-order valence-corrected chi connectivity index (χ3v) is 2.41. The van der Waals surface area contributed by atoms with Crippen molar-refractivity contribution in [3.8, 4) is 0 Å². The Balaban J connectivity index is 1.95. The molecule has 0 radical (unpaired) electrons. The summed E-state index contributed by atoms with van der Waals surface area (Å²) in [5, 5.41) is 18.4. The Morgan fingerprint density at radius 1 is 0.938 bits per heavy atom. The standard InChI is InChI=1S/C6H8N2O8/c9-7(10)15-3-1-13-6-4(16-8(11)12)2-14-5(3)6/h3-6H,1-2H2/t3-,4+,5-,6-/m0/s1. The molecular weight excluding hydrogens is 228 g/mol. The van der Waals surface area contributed by atoms with Crippen molar-refractivity contribution in [3.63, 3.8) is 0 Å². The minimum Gasteiger partial charge on any atom is -0.371 e. The molecule has 4 atom stereocenters. The van der Waals surface area contributed by atoms with Crippen LogP contribution in [0, 0.1) is 20.2 Å². The lowest BCUT2D eigenvalue weighted by Crippen LogP contribution is -2.35. The van der Waals surface area contributed by atoms with Gasteiger partial charge in [0.2, 0.25) is 0 Å². The SMILES string of the molecule is O=[N+]([O-])O[C@H]1CO[C@@H]2[C@H]1OC[C@H]2O[N+](=O)[O-]. The molecule has 0 amide bonds. The summed E-state index contributed by atoms with van der Waals surface area (Å²) in [5.74, 6) is 0. The van der Waals surface area contributed by atoms with Gasteiger partial charge >= 0.3 is 0 Å². The first kappa shape index (κ1) is 10.8. The topological polar surface area (TPSA) is 123 Å². The minimum atomic E-state index is -0.943. The van der Waals surface area contributed by atoms with Gasteiger partial charge in [0, 0.05) is 0 Å². The lowest BCUT2D eigenvalue weighted by Gasteiger charge is -2.13. The number of hydrogen-bond acceptors (Lipinski definition) is 8. The van der Waals surface area contributed by atoms with Crippen LogP contribution in [-0.2, 0) is 19.1 Å². The second-order valence-corrected chi connectivity index (χ2v) is 3.33. The second-order valence-electron chi connectivity index (χ2n) is 3.33. The molecule has 2 heterocycles. The molecule has 0 aromatic rings. The fourth-order valence-corrected chi connectivity index (χ4v) is 1.83. The zero-order valence-electron chi connectivity index (χ0n) is 7.88. The van der Waals surface area contributed by atoms with E-state index in [0.717, 1.165) is 0 Å². The summed E-state index contributed by atoms with van der Waals surface area (Å²) in [6.45, 7) is -0.0955. The highest BCUT2D eigenvalue weighted by atomic mass is 17.0. The van der Waals surface area contributed by atoms with Gasteiger partial charge in [0.1, 0.15) is 12.2 Å². The average Bonchev–Trinajstić information content (AvgIpc) is 2.70. The molecule has 2 fully saturated rings. The van der Waals surface area contributed by atoms with E-state index in [-0.39, 0.29) is 13.2 Å². The van der Waals surface area contributed by atoms with Crippen LogP contribution in [0.5, 0.6) is 0 Å². The average molecular weight is 236 g/mol. The summed E-state index contributed by atoms with van der Waals surface area (Å²) in [6.07, 6.45) is -3.12. The highest BCUT2D eigenvalue weighted by Crippen LogP contribution is 2.30. The van der Waals surface area contributed by atoms with Crippen molar-refractivity contribution in [3.05, 3.63) is 20.2 Å². The molecule has 0 unspecified atom stereocenters. The Kier molecular flexibility index (Phi) is 2.75. The first-order chi connectivity index (χ1) is 7.58. The van der Waals surface area contributed by atoms with Gasteiger partial charge in [-0.1, -0.05) is 0 Å². The fraction of sp³-hybridized carbons (Fsp3) is 1.00. The first-order valence-electron chi connectivity index (χ1n) is 4.43. The Labute approximate surface area is 88.2 Å². The Hall–Kier alpha value is -1.68. The number of fused-ring (bicyclic) bond motifs is 1. The van der Waals surface area contributed by atoms with E-state index >= 15 is 0 Å². The molecule has 0 N–H and O–H groups in total. The molecule has 10 nitrogen and oxygen atoms in total. The van der Waals surface area contributed by atoms with Crippen LogP contribution >= 0.6 is 0 Å². The van der Waals surface area contributed by atoms with Crippen molar-refractivity contribution in [2.24, 2.45) is 0 Å². The minimum absolute atomic E-state index is 0.0477. The summed E-state index contributed by atoms with van der Waals surface area (Å²) < 4.78 is 10.2. The van der Waals surface area contributed by atoms with E-state index in [0.29, 0.717) is 0 Å². The van der Waals surface area contributed by atoms with Crippen LogP contribution in [0.4, 0.5) is 0 Å². The molecule has 0 aliphatic carbocycles. The molecule has 2 aliphatic heterocycles. The Bertz CT molecular complexity index is 279. The molecule has 16 heavy (non-hydrogen) atoms. The molecule has 0 spiro atoms. The first-order valence-corrected chi connectivity index (χ1v) is 4.43. The van der Waals surface area contributed by atoms with Gasteiger partial charge in [-0.15, -0.1) is 20.2 Å². The van der Waals surface area contributed by atoms with Crippen LogP contribution in [0.15, 0.2) is 0 Å². The quantitative estimate of drug-likeness (QED) is 0.446. The maximum absolute atomic E-state index is 10.1. The van der Waals surface area contributed by atoms with Gasteiger partial charge in [0.05, 0.1) is 13.2 Å². The van der Waals surface area contributed by atoms with Crippen molar-refractivity contribution in [1.29, 1.82) is 0 Å². The van der Waals surface area contributed by atoms with E-state index in [9.17, 15) is 20.2 Å². The van der Waals surface area contributed by atoms with Gasteiger partial charge < -0.3 is 19.1 Å². The van der Waals surface area contributed by atoms with Crippen LogP contribution < -0.4 is 0 Å². The number of nitrogens with zero attached hydrogens (tertiary/aromatic N) is 2. The van der Waals surface area contributed by atoms with Crippen LogP contribution in [0.2, 0.25) is 0 Å². The number of ether oxygens (including phenoxy) is 2. The highest BCUT2D eigenvalue weighted by Gasteiger charge is 2.51. The molecule has 10 heteroatoms. The van der Waals surface area contributed by atoms with Crippen molar-refractivity contribution in [2.75, 3.05) is 13.2 Å². The lowest BCUT2D eigenvalue weighted by molar-refractivity contribution is -0.769. The molecule has 0 aromatic carbocycles. The lowest BCUT2D eigenvalue weighted by atomic mass is 10.1. The predicted octanol–water partition coefficient (Wildman–Crippen LogP) is -1.06. The zero-order valence-corrected chi connectivity index (χ0v) is 7.88. The molecule has 2 aliphatic rings. The van der Waals surface area contributed by atoms with Crippen molar-refractivity contribution in [1.82, 2.24) is 0 Å². The normalized spacial score (nSPS) is 36.8. The zero-order chi connectivity index (χ0) is 11.7.